The number of amides is 2. The van der Waals surface area contributed by atoms with Gasteiger partial charge in [0.15, 0.2) is 0 Å². The lowest BCUT2D eigenvalue weighted by molar-refractivity contribution is -0.122. The van der Waals surface area contributed by atoms with Crippen LogP contribution in [0.3, 0.4) is 0 Å². The summed E-state index contributed by atoms with van der Waals surface area (Å²) in [5, 5.41) is 0.770. The maximum absolute atomic E-state index is 14.1. The van der Waals surface area contributed by atoms with Crippen LogP contribution in [0.1, 0.15) is 38.2 Å². The number of imide groups is 1. The van der Waals surface area contributed by atoms with Crippen LogP contribution >= 0.6 is 46.4 Å². The normalized spacial score (nSPS) is 25.5. The Morgan fingerprint density at radius 1 is 0.707 bits per heavy atom. The molecular weight excluding hydrogens is 604 g/mol. The van der Waals surface area contributed by atoms with E-state index in [1.807, 2.05) is 48.5 Å². The Morgan fingerprint density at radius 3 is 1.66 bits per heavy atom. The quantitative estimate of drug-likeness (QED) is 0.135. The average molecular weight is 623 g/mol. The van der Waals surface area contributed by atoms with E-state index in [2.05, 4.69) is 0 Å². The monoisotopic (exact) mass is 621 g/mol. The van der Waals surface area contributed by atoms with Crippen molar-refractivity contribution >= 4 is 69.9 Å². The highest BCUT2D eigenvalue weighted by molar-refractivity contribution is 6.42. The van der Waals surface area contributed by atoms with Gasteiger partial charge in [-0.3, -0.25) is 9.59 Å². The zero-order valence-corrected chi connectivity index (χ0v) is 24.1. The first-order valence-electron chi connectivity index (χ1n) is 12.8. The number of benzene rings is 4. The van der Waals surface area contributed by atoms with E-state index < -0.39 is 39.4 Å². The van der Waals surface area contributed by atoms with Crippen molar-refractivity contribution in [2.75, 3.05) is 4.90 Å². The van der Waals surface area contributed by atoms with Crippen LogP contribution in [-0.2, 0) is 30.7 Å². The molecule has 1 aliphatic heterocycles. The minimum Gasteiger partial charge on any atom is -0.457 e. The van der Waals surface area contributed by atoms with Crippen LogP contribution in [0.15, 0.2) is 91.0 Å². The molecule has 5 nitrogen and oxygen atoms in total. The Bertz CT molecular complexity index is 1670. The SMILES string of the molecule is O=C(OCc1ccc(Cl)c(Cl)c1)c1ccc(N2C(=O)[C@@H]3[C@@H](C2=O)C2(Cl)c4ccccc4C3(Cl)c3ccccc32)cc1. The van der Waals surface area contributed by atoms with Gasteiger partial charge < -0.3 is 4.74 Å². The minimum absolute atomic E-state index is 0.000654. The number of carbonyl (C=O) groups excluding carboxylic acids is 3. The van der Waals surface area contributed by atoms with Crippen molar-refractivity contribution in [2.45, 2.75) is 16.4 Å². The molecule has 0 N–H and O–H groups in total. The summed E-state index contributed by atoms with van der Waals surface area (Å²) in [5.74, 6) is -3.25. The van der Waals surface area contributed by atoms with Crippen molar-refractivity contribution in [1.29, 1.82) is 0 Å². The summed E-state index contributed by atoms with van der Waals surface area (Å²) >= 11 is 26.9. The van der Waals surface area contributed by atoms with Crippen LogP contribution in [0.25, 0.3) is 0 Å². The van der Waals surface area contributed by atoms with Crippen molar-refractivity contribution in [3.63, 3.8) is 0 Å². The highest BCUT2D eigenvalue weighted by Gasteiger charge is 2.73. The number of nitrogens with zero attached hydrogens (tertiary/aromatic N) is 1. The number of alkyl halides is 2. The lowest BCUT2D eigenvalue weighted by atomic mass is 9.54. The molecule has 4 aromatic rings. The number of ether oxygens (including phenoxy) is 1. The highest BCUT2D eigenvalue weighted by Crippen LogP contribution is 2.69. The summed E-state index contributed by atoms with van der Waals surface area (Å²) in [5.41, 5.74) is 4.21. The van der Waals surface area contributed by atoms with E-state index >= 15 is 0 Å². The summed E-state index contributed by atoms with van der Waals surface area (Å²) in [7, 11) is 0. The van der Waals surface area contributed by atoms with E-state index in [0.29, 0.717) is 21.3 Å². The van der Waals surface area contributed by atoms with Crippen LogP contribution in [0, 0.1) is 11.8 Å². The fourth-order valence-corrected chi connectivity index (χ4v) is 7.95. The van der Waals surface area contributed by atoms with E-state index in [4.69, 9.17) is 51.1 Å². The van der Waals surface area contributed by atoms with Gasteiger partial charge in [-0.15, -0.1) is 23.2 Å². The molecule has 2 atom stereocenters. The molecule has 0 radical (unpaired) electrons. The molecule has 2 bridgehead atoms. The van der Waals surface area contributed by atoms with Gasteiger partial charge in [-0.05, 0) is 64.2 Å². The van der Waals surface area contributed by atoms with E-state index in [9.17, 15) is 14.4 Å². The van der Waals surface area contributed by atoms with Crippen LogP contribution in [0.4, 0.5) is 5.69 Å². The lowest BCUT2D eigenvalue weighted by Crippen LogP contribution is -2.57. The molecule has 8 rings (SSSR count). The van der Waals surface area contributed by atoms with Gasteiger partial charge in [-0.25, -0.2) is 9.69 Å². The average Bonchev–Trinajstić information content (AvgIpc) is 3.27. The maximum atomic E-state index is 14.1. The van der Waals surface area contributed by atoms with Crippen molar-refractivity contribution in [3.05, 3.63) is 134 Å². The molecular formula is C32H19Cl4NO4. The number of carbonyl (C=O) groups is 3. The van der Waals surface area contributed by atoms with E-state index in [0.717, 1.165) is 27.2 Å². The van der Waals surface area contributed by atoms with Gasteiger partial charge in [0.25, 0.3) is 0 Å². The Morgan fingerprint density at radius 2 is 1.20 bits per heavy atom. The van der Waals surface area contributed by atoms with Gasteiger partial charge in [0.05, 0.1) is 33.1 Å². The Kier molecular flexibility index (Phi) is 6.04. The summed E-state index contributed by atoms with van der Waals surface area (Å²) in [4.78, 5) is 39.5. The van der Waals surface area contributed by atoms with Gasteiger partial charge in [0.1, 0.15) is 16.4 Å². The molecule has 0 aromatic heterocycles. The second kappa shape index (κ2) is 9.33. The fraction of sp³-hybridized carbons (Fsp3) is 0.156. The molecule has 0 saturated carbocycles. The first kappa shape index (κ1) is 26.5. The number of rotatable bonds is 4. The highest BCUT2D eigenvalue weighted by atomic mass is 35.5. The first-order chi connectivity index (χ1) is 19.7. The molecule has 1 saturated heterocycles. The number of anilines is 1. The van der Waals surface area contributed by atoms with Gasteiger partial charge in [-0.1, -0.05) is 77.8 Å². The Hall–Kier alpha value is -3.35. The fourth-order valence-electron chi connectivity index (χ4n) is 6.53. The zero-order chi connectivity index (χ0) is 28.7. The van der Waals surface area contributed by atoms with Crippen LogP contribution < -0.4 is 4.90 Å². The predicted octanol–water partition coefficient (Wildman–Crippen LogP) is 7.45. The summed E-state index contributed by atoms with van der Waals surface area (Å²) in [6.45, 7) is 0.000654. The molecule has 1 fully saturated rings. The molecule has 2 amide bonds. The van der Waals surface area contributed by atoms with E-state index in [-0.39, 0.29) is 12.2 Å². The van der Waals surface area contributed by atoms with Crippen LogP contribution in [-0.4, -0.2) is 17.8 Å². The number of halogens is 4. The molecule has 4 aromatic carbocycles. The largest absolute Gasteiger partial charge is 0.457 e. The third-order valence-electron chi connectivity index (χ3n) is 8.30. The molecule has 9 heteroatoms. The Balaban J connectivity index is 1.21. The molecule has 0 spiro atoms. The molecule has 1 heterocycles. The van der Waals surface area contributed by atoms with Crippen LogP contribution in [0.2, 0.25) is 10.0 Å². The molecule has 41 heavy (non-hydrogen) atoms. The van der Waals surface area contributed by atoms with E-state index in [1.54, 1.807) is 30.3 Å². The van der Waals surface area contributed by atoms with Crippen LogP contribution in [0.5, 0.6) is 0 Å². The second-order valence-corrected chi connectivity index (χ2v) is 12.4. The summed E-state index contributed by atoms with van der Waals surface area (Å²) in [6, 6.07) is 26.1. The van der Waals surface area contributed by atoms with Gasteiger partial charge in [-0.2, -0.15) is 0 Å². The van der Waals surface area contributed by atoms with E-state index in [1.165, 1.54) is 12.1 Å². The van der Waals surface area contributed by atoms with Crippen molar-refractivity contribution < 1.29 is 19.1 Å². The molecule has 0 unspecified atom stereocenters. The summed E-state index contributed by atoms with van der Waals surface area (Å²) < 4.78 is 5.41. The standard InChI is InChI=1S/C32H19Cl4NO4/c33-24-14-9-17(15-25(24)34)16-41-30(40)18-10-12-19(13-11-18)37-28(38)26-27(29(37)39)32(36)21-6-2-1-5-20(21)31(26,35)22-7-3-4-8-23(22)32/h1-15,26-27H,16H2/t26-,27-,31?,32?/m0/s1. The van der Waals surface area contributed by atoms with Gasteiger partial charge in [0.2, 0.25) is 11.8 Å². The third kappa shape index (κ3) is 3.59. The number of hydrogen-bond donors (Lipinski definition) is 0. The second-order valence-electron chi connectivity index (χ2n) is 10.4. The van der Waals surface area contributed by atoms with Gasteiger partial charge >= 0.3 is 5.97 Å². The lowest BCUT2D eigenvalue weighted by Gasteiger charge is -2.54. The molecule has 204 valence electrons. The minimum atomic E-state index is -1.26. The predicted molar refractivity (Wildman–Crippen MR) is 158 cm³/mol. The topological polar surface area (TPSA) is 63.7 Å². The van der Waals surface area contributed by atoms with Crippen molar-refractivity contribution in [3.8, 4) is 0 Å². The number of esters is 1. The third-order valence-corrected chi connectivity index (χ3v) is 10.3. The molecule has 3 aliphatic carbocycles. The smallest absolute Gasteiger partial charge is 0.338 e. The molecule has 4 aliphatic rings. The Labute approximate surface area is 255 Å². The first-order valence-corrected chi connectivity index (χ1v) is 14.3. The van der Waals surface area contributed by atoms with Crippen molar-refractivity contribution in [2.24, 2.45) is 11.8 Å². The number of hydrogen-bond acceptors (Lipinski definition) is 4. The summed E-state index contributed by atoms with van der Waals surface area (Å²) in [6.07, 6.45) is 0. The van der Waals surface area contributed by atoms with Gasteiger partial charge in [0, 0.05) is 0 Å². The maximum Gasteiger partial charge on any atom is 0.338 e. The van der Waals surface area contributed by atoms with Crippen molar-refractivity contribution in [1.82, 2.24) is 0 Å². The zero-order valence-electron chi connectivity index (χ0n) is 21.1.